The first kappa shape index (κ1) is 17.2. The van der Waals surface area contributed by atoms with Crippen molar-refractivity contribution in [3.63, 3.8) is 0 Å². The van der Waals surface area contributed by atoms with E-state index in [2.05, 4.69) is 15.9 Å². The second-order valence-corrected chi connectivity index (χ2v) is 9.30. The summed E-state index contributed by atoms with van der Waals surface area (Å²) in [5.74, 6) is -2.02. The molecule has 0 N–H and O–H groups in total. The summed E-state index contributed by atoms with van der Waals surface area (Å²) >= 11 is 3.10. The Morgan fingerprint density at radius 1 is 1.33 bits per heavy atom. The molecule has 2 saturated heterocycles. The minimum absolute atomic E-state index is 0.0235. The highest BCUT2D eigenvalue weighted by atomic mass is 79.9. The molecule has 2 aliphatic rings. The number of rotatable bonds is 4. The fourth-order valence-corrected chi connectivity index (χ4v) is 5.52. The third-order valence-electron chi connectivity index (χ3n) is 4.39. The Kier molecular flexibility index (Phi) is 3.91. The van der Waals surface area contributed by atoms with E-state index in [0.717, 1.165) is 4.90 Å². The summed E-state index contributed by atoms with van der Waals surface area (Å²) in [6, 6.07) is -1.24. The van der Waals surface area contributed by atoms with Crippen molar-refractivity contribution in [2.45, 2.75) is 48.4 Å². The summed E-state index contributed by atoms with van der Waals surface area (Å²) in [4.78, 5) is 36.3. The lowest BCUT2D eigenvalue weighted by Gasteiger charge is -2.36. The van der Waals surface area contributed by atoms with Crippen molar-refractivity contribution in [2.24, 2.45) is 0 Å². The van der Waals surface area contributed by atoms with Crippen molar-refractivity contribution in [2.75, 3.05) is 0 Å². The summed E-state index contributed by atoms with van der Waals surface area (Å²) in [7, 11) is -3.68. The van der Waals surface area contributed by atoms with Crippen LogP contribution < -0.4 is 5.82 Å². The Bertz CT molecular complexity index is 867. The summed E-state index contributed by atoms with van der Waals surface area (Å²) in [6.45, 7) is 2.38. The van der Waals surface area contributed by atoms with Crippen LogP contribution in [0.1, 0.15) is 31.8 Å². The van der Waals surface area contributed by atoms with E-state index in [4.69, 9.17) is 13.6 Å². The number of β-lactam (4-membered cyclic amide) rings is 1. The average Bonchev–Trinajstić information content (AvgIpc) is 2.91. The smallest absolute Gasteiger partial charge is 0.456 e. The van der Waals surface area contributed by atoms with Gasteiger partial charge >= 0.3 is 11.8 Å². The van der Waals surface area contributed by atoms with Gasteiger partial charge in [0.05, 0.1) is 16.5 Å². The standard InChI is InChI=1S/C13H14BrNO8S/c1-13(2)10(15-8(16)3-9(15)24(13,19)20)11(17)21-5-7-6(4-14)22-12(18)23-7/h9-10H,3-5H2,1-2H3/t9-,10+/m1/s1. The number of sulfone groups is 1. The summed E-state index contributed by atoms with van der Waals surface area (Å²) < 4.78 is 38.0. The van der Waals surface area contributed by atoms with Crippen LogP contribution in [0.5, 0.6) is 0 Å². The normalized spacial score (nSPS) is 26.8. The Morgan fingerprint density at radius 2 is 1.96 bits per heavy atom. The zero-order chi connectivity index (χ0) is 17.9. The van der Waals surface area contributed by atoms with Crippen LogP contribution in [0.15, 0.2) is 13.6 Å². The van der Waals surface area contributed by atoms with Gasteiger partial charge in [0, 0.05) is 0 Å². The van der Waals surface area contributed by atoms with E-state index >= 15 is 0 Å². The van der Waals surface area contributed by atoms with E-state index in [1.165, 1.54) is 13.8 Å². The van der Waals surface area contributed by atoms with Gasteiger partial charge in [-0.05, 0) is 13.8 Å². The fourth-order valence-electron chi connectivity index (χ4n) is 2.97. The maximum Gasteiger partial charge on any atom is 0.519 e. The quantitative estimate of drug-likeness (QED) is 0.384. The molecule has 1 amide bonds. The lowest BCUT2D eigenvalue weighted by atomic mass is 9.98. The van der Waals surface area contributed by atoms with Gasteiger partial charge in [-0.3, -0.25) is 4.79 Å². The number of fused-ring (bicyclic) bond motifs is 1. The second-order valence-electron chi connectivity index (χ2n) is 6.05. The second kappa shape index (κ2) is 5.45. The van der Waals surface area contributed by atoms with Gasteiger partial charge in [0.2, 0.25) is 5.91 Å². The maximum atomic E-state index is 12.4. The predicted molar refractivity (Wildman–Crippen MR) is 81.7 cm³/mol. The highest BCUT2D eigenvalue weighted by Crippen LogP contribution is 2.46. The van der Waals surface area contributed by atoms with Crippen LogP contribution in [0.4, 0.5) is 0 Å². The maximum absolute atomic E-state index is 12.4. The monoisotopic (exact) mass is 423 g/mol. The van der Waals surface area contributed by atoms with Crippen molar-refractivity contribution in [3.8, 4) is 0 Å². The van der Waals surface area contributed by atoms with Crippen molar-refractivity contribution in [3.05, 3.63) is 22.1 Å². The molecule has 11 heteroatoms. The SMILES string of the molecule is CC1(C)[C@H](C(=O)OCc2oc(=O)oc2CBr)N2C(=O)C[C@H]2S1(=O)=O. The number of alkyl halides is 1. The first-order chi connectivity index (χ1) is 11.1. The first-order valence-corrected chi connectivity index (χ1v) is 9.67. The van der Waals surface area contributed by atoms with Gasteiger partial charge in [-0.2, -0.15) is 0 Å². The van der Waals surface area contributed by atoms with Crippen LogP contribution in [0.25, 0.3) is 0 Å². The van der Waals surface area contributed by atoms with E-state index in [1.807, 2.05) is 0 Å². The number of hydrogen-bond acceptors (Lipinski definition) is 8. The van der Waals surface area contributed by atoms with E-state index in [0.29, 0.717) is 0 Å². The number of hydrogen-bond donors (Lipinski definition) is 0. The minimum atomic E-state index is -3.68. The molecule has 3 rings (SSSR count). The molecule has 0 spiro atoms. The molecule has 0 saturated carbocycles. The lowest BCUT2D eigenvalue weighted by Crippen LogP contribution is -2.57. The zero-order valence-electron chi connectivity index (χ0n) is 12.8. The lowest BCUT2D eigenvalue weighted by molar-refractivity contribution is -0.162. The minimum Gasteiger partial charge on any atom is -0.456 e. The summed E-state index contributed by atoms with van der Waals surface area (Å²) in [6.07, 6.45) is -0.125. The predicted octanol–water partition coefficient (Wildman–Crippen LogP) is 0.305. The molecule has 0 unspecified atom stereocenters. The molecule has 132 valence electrons. The third kappa shape index (κ3) is 2.25. The molecule has 2 fully saturated rings. The van der Waals surface area contributed by atoms with E-state index < -0.39 is 50.3 Å². The van der Waals surface area contributed by atoms with Gasteiger partial charge in [0.15, 0.2) is 28.0 Å². The number of esters is 1. The number of ether oxygens (including phenoxy) is 1. The van der Waals surface area contributed by atoms with Crippen molar-refractivity contribution >= 4 is 37.6 Å². The van der Waals surface area contributed by atoms with Crippen molar-refractivity contribution < 1.29 is 31.6 Å². The molecule has 0 radical (unpaired) electrons. The fraction of sp³-hybridized carbons (Fsp3) is 0.615. The molecular formula is C13H14BrNO8S. The summed E-state index contributed by atoms with van der Waals surface area (Å²) in [5, 5.41) is -0.802. The Morgan fingerprint density at radius 3 is 2.54 bits per heavy atom. The molecule has 24 heavy (non-hydrogen) atoms. The number of carbonyl (C=O) groups is 2. The van der Waals surface area contributed by atoms with Gasteiger partial charge in [-0.1, -0.05) is 15.9 Å². The average molecular weight is 424 g/mol. The number of amides is 1. The van der Waals surface area contributed by atoms with Crippen LogP contribution in [-0.2, 0) is 36.1 Å². The number of nitrogens with zero attached hydrogens (tertiary/aromatic N) is 1. The third-order valence-corrected chi connectivity index (χ3v) is 7.70. The van der Waals surface area contributed by atoms with Crippen LogP contribution >= 0.6 is 15.9 Å². The van der Waals surface area contributed by atoms with E-state index in [-0.39, 0.29) is 23.3 Å². The van der Waals surface area contributed by atoms with E-state index in [9.17, 15) is 22.8 Å². The molecule has 0 bridgehead atoms. The van der Waals surface area contributed by atoms with Crippen LogP contribution in [0, 0.1) is 0 Å². The van der Waals surface area contributed by atoms with Crippen LogP contribution in [0.3, 0.4) is 0 Å². The Balaban J connectivity index is 1.82. The summed E-state index contributed by atoms with van der Waals surface area (Å²) in [5.41, 5.74) is 0. The Hall–Kier alpha value is -1.62. The molecule has 0 aromatic carbocycles. The van der Waals surface area contributed by atoms with Gasteiger partial charge in [-0.25, -0.2) is 18.0 Å². The highest BCUT2D eigenvalue weighted by molar-refractivity contribution is 9.08. The largest absolute Gasteiger partial charge is 0.519 e. The first-order valence-electron chi connectivity index (χ1n) is 7.00. The molecule has 2 aliphatic heterocycles. The van der Waals surface area contributed by atoms with Gasteiger partial charge in [0.1, 0.15) is 11.4 Å². The molecular weight excluding hydrogens is 410 g/mol. The highest BCUT2D eigenvalue weighted by Gasteiger charge is 2.68. The zero-order valence-corrected chi connectivity index (χ0v) is 15.2. The molecule has 2 atom stereocenters. The number of halogens is 1. The Labute approximate surface area is 145 Å². The van der Waals surface area contributed by atoms with Crippen molar-refractivity contribution in [1.29, 1.82) is 0 Å². The van der Waals surface area contributed by atoms with Gasteiger partial charge < -0.3 is 18.5 Å². The molecule has 1 aromatic rings. The van der Waals surface area contributed by atoms with Crippen LogP contribution in [0.2, 0.25) is 0 Å². The van der Waals surface area contributed by atoms with E-state index in [1.54, 1.807) is 0 Å². The van der Waals surface area contributed by atoms with Crippen molar-refractivity contribution in [1.82, 2.24) is 4.90 Å². The number of carbonyl (C=O) groups excluding carboxylic acids is 2. The molecule has 9 nitrogen and oxygen atoms in total. The molecule has 1 aromatic heterocycles. The van der Waals surface area contributed by atoms with Gasteiger partial charge in [-0.15, -0.1) is 0 Å². The van der Waals surface area contributed by atoms with Gasteiger partial charge in [0.25, 0.3) is 0 Å². The topological polar surface area (TPSA) is 124 Å². The molecule has 0 aliphatic carbocycles. The molecule has 3 heterocycles. The van der Waals surface area contributed by atoms with Crippen LogP contribution in [-0.4, -0.2) is 41.4 Å².